The Hall–Kier alpha value is -1.30. The molecule has 1 heterocycles. The highest BCUT2D eigenvalue weighted by Crippen LogP contribution is 2.29. The lowest BCUT2D eigenvalue weighted by atomic mass is 10.1. The van der Waals surface area contributed by atoms with Crippen molar-refractivity contribution in [3.63, 3.8) is 0 Å². The van der Waals surface area contributed by atoms with E-state index in [1.807, 2.05) is 20.8 Å². The fourth-order valence-corrected chi connectivity index (χ4v) is 3.45. The minimum atomic E-state index is -0.0983. The maximum atomic E-state index is 12.3. The van der Waals surface area contributed by atoms with Crippen LogP contribution in [0.15, 0.2) is 0 Å². The molecule has 1 amide bonds. The van der Waals surface area contributed by atoms with Gasteiger partial charge in [0.25, 0.3) is 5.91 Å². The van der Waals surface area contributed by atoms with E-state index in [-0.39, 0.29) is 17.5 Å². The maximum absolute atomic E-state index is 12.3. The van der Waals surface area contributed by atoms with E-state index in [4.69, 9.17) is 5.73 Å². The number of rotatable bonds is 3. The Bertz CT molecular complexity index is 492. The number of amides is 1. The van der Waals surface area contributed by atoms with E-state index in [0.29, 0.717) is 21.7 Å². The first kappa shape index (κ1) is 15.1. The van der Waals surface area contributed by atoms with Crippen LogP contribution in [0.3, 0.4) is 0 Å². The van der Waals surface area contributed by atoms with Gasteiger partial charge in [0, 0.05) is 11.6 Å². The van der Waals surface area contributed by atoms with Crippen LogP contribution in [0, 0.1) is 5.92 Å². The monoisotopic (exact) mass is 296 g/mol. The highest BCUT2D eigenvalue weighted by Gasteiger charge is 2.25. The van der Waals surface area contributed by atoms with Crippen LogP contribution in [0.4, 0.5) is 10.9 Å². The quantitative estimate of drug-likeness (QED) is 0.801. The van der Waals surface area contributed by atoms with Crippen LogP contribution in [0.1, 0.15) is 56.6 Å². The summed E-state index contributed by atoms with van der Waals surface area (Å²) in [5.41, 5.74) is 5.76. The number of anilines is 2. The van der Waals surface area contributed by atoms with E-state index in [9.17, 15) is 4.79 Å². The number of hydrogen-bond acceptors (Lipinski definition) is 5. The standard InChI is InChI=1S/C14H24N4OS/c1-8-5-6-9(7-8)16-12(19)10-11(15)17-13(20-10)18-14(2,3)4/h8-9H,5-7,15H2,1-4H3,(H,16,19)(H,17,18). The molecular weight excluding hydrogens is 272 g/mol. The van der Waals surface area contributed by atoms with Crippen molar-refractivity contribution in [3.05, 3.63) is 4.88 Å². The van der Waals surface area contributed by atoms with Gasteiger partial charge >= 0.3 is 0 Å². The molecule has 6 heteroatoms. The zero-order valence-corrected chi connectivity index (χ0v) is 13.4. The number of nitrogens with zero attached hydrogens (tertiary/aromatic N) is 1. The average molecular weight is 296 g/mol. The molecule has 0 saturated heterocycles. The number of nitrogens with one attached hydrogen (secondary N) is 2. The first-order valence-electron chi connectivity index (χ1n) is 7.10. The predicted octanol–water partition coefficient (Wildman–Crippen LogP) is 2.85. The number of nitrogens with two attached hydrogens (primary N) is 1. The van der Waals surface area contributed by atoms with Gasteiger partial charge in [-0.15, -0.1) is 0 Å². The third-order valence-electron chi connectivity index (χ3n) is 3.37. The maximum Gasteiger partial charge on any atom is 0.265 e. The molecule has 0 radical (unpaired) electrons. The third-order valence-corrected chi connectivity index (χ3v) is 4.36. The molecule has 4 N–H and O–H groups in total. The van der Waals surface area contributed by atoms with E-state index in [0.717, 1.165) is 12.8 Å². The number of aromatic nitrogens is 1. The van der Waals surface area contributed by atoms with Crippen LogP contribution in [0.5, 0.6) is 0 Å². The number of hydrogen-bond donors (Lipinski definition) is 3. The fraction of sp³-hybridized carbons (Fsp3) is 0.714. The van der Waals surface area contributed by atoms with E-state index in [1.165, 1.54) is 17.8 Å². The molecule has 2 atom stereocenters. The smallest absolute Gasteiger partial charge is 0.265 e. The summed E-state index contributed by atoms with van der Waals surface area (Å²) < 4.78 is 0. The molecule has 20 heavy (non-hydrogen) atoms. The molecule has 1 aliphatic rings. The molecular formula is C14H24N4OS. The summed E-state index contributed by atoms with van der Waals surface area (Å²) in [6.45, 7) is 8.36. The molecule has 1 aliphatic carbocycles. The SMILES string of the molecule is CC1CCC(NC(=O)c2sc(NC(C)(C)C)nc2N)C1. The van der Waals surface area contributed by atoms with Gasteiger partial charge in [-0.25, -0.2) is 4.98 Å². The lowest BCUT2D eigenvalue weighted by Gasteiger charge is -2.19. The summed E-state index contributed by atoms with van der Waals surface area (Å²) >= 11 is 1.32. The third kappa shape index (κ3) is 3.85. The minimum absolute atomic E-state index is 0.0962. The first-order valence-corrected chi connectivity index (χ1v) is 7.91. The normalized spacial score (nSPS) is 22.8. The van der Waals surface area contributed by atoms with Crippen LogP contribution >= 0.6 is 11.3 Å². The van der Waals surface area contributed by atoms with Crippen molar-refractivity contribution < 1.29 is 4.79 Å². The van der Waals surface area contributed by atoms with E-state index < -0.39 is 0 Å². The molecule has 1 aromatic rings. The molecule has 2 unspecified atom stereocenters. The molecule has 112 valence electrons. The highest BCUT2D eigenvalue weighted by molar-refractivity contribution is 7.18. The topological polar surface area (TPSA) is 80.0 Å². The van der Waals surface area contributed by atoms with Gasteiger partial charge in [0.2, 0.25) is 0 Å². The van der Waals surface area contributed by atoms with Gasteiger partial charge in [-0.3, -0.25) is 4.79 Å². The van der Waals surface area contributed by atoms with Crippen molar-refractivity contribution in [2.45, 2.75) is 58.5 Å². The Morgan fingerprint density at radius 1 is 1.40 bits per heavy atom. The second-order valence-electron chi connectivity index (χ2n) is 6.70. The molecule has 0 spiro atoms. The molecule has 5 nitrogen and oxygen atoms in total. The van der Waals surface area contributed by atoms with Gasteiger partial charge in [0.15, 0.2) is 5.13 Å². The second-order valence-corrected chi connectivity index (χ2v) is 7.70. The Kier molecular flexibility index (Phi) is 4.22. The molecule has 1 fully saturated rings. The summed E-state index contributed by atoms with van der Waals surface area (Å²) in [6, 6.07) is 0.276. The second kappa shape index (κ2) is 5.60. The fourth-order valence-electron chi connectivity index (χ4n) is 2.46. The van der Waals surface area contributed by atoms with Crippen molar-refractivity contribution in [2.24, 2.45) is 5.92 Å². The van der Waals surface area contributed by atoms with Gasteiger partial charge in [-0.05, 0) is 46.0 Å². The lowest BCUT2D eigenvalue weighted by Crippen LogP contribution is -2.32. The van der Waals surface area contributed by atoms with Crippen molar-refractivity contribution in [2.75, 3.05) is 11.1 Å². The molecule has 1 saturated carbocycles. The number of carbonyl (C=O) groups is 1. The van der Waals surface area contributed by atoms with Crippen LogP contribution in [0.25, 0.3) is 0 Å². The van der Waals surface area contributed by atoms with Crippen molar-refractivity contribution >= 4 is 28.2 Å². The molecule has 1 aromatic heterocycles. The van der Waals surface area contributed by atoms with E-state index >= 15 is 0 Å². The largest absolute Gasteiger partial charge is 0.382 e. The Balaban J connectivity index is 2.03. The van der Waals surface area contributed by atoms with Crippen molar-refractivity contribution in [1.29, 1.82) is 0 Å². The zero-order chi connectivity index (χ0) is 14.9. The predicted molar refractivity (Wildman–Crippen MR) is 84.2 cm³/mol. The number of carbonyl (C=O) groups excluding carboxylic acids is 1. The first-order chi connectivity index (χ1) is 9.24. The highest BCUT2D eigenvalue weighted by atomic mass is 32.1. The van der Waals surface area contributed by atoms with Crippen molar-refractivity contribution in [3.8, 4) is 0 Å². The molecule has 2 rings (SSSR count). The van der Waals surface area contributed by atoms with Crippen LogP contribution in [-0.4, -0.2) is 22.5 Å². The van der Waals surface area contributed by atoms with E-state index in [1.54, 1.807) is 0 Å². The van der Waals surface area contributed by atoms with E-state index in [2.05, 4.69) is 22.5 Å². The van der Waals surface area contributed by atoms with Crippen molar-refractivity contribution in [1.82, 2.24) is 10.3 Å². The minimum Gasteiger partial charge on any atom is -0.382 e. The van der Waals surface area contributed by atoms with Gasteiger partial charge in [-0.1, -0.05) is 18.3 Å². The van der Waals surface area contributed by atoms with Gasteiger partial charge in [0.05, 0.1) is 0 Å². The summed E-state index contributed by atoms with van der Waals surface area (Å²) in [4.78, 5) is 17.0. The Morgan fingerprint density at radius 2 is 2.10 bits per heavy atom. The molecule has 0 aromatic carbocycles. The summed E-state index contributed by atoms with van der Waals surface area (Å²) in [7, 11) is 0. The Labute approximate surface area is 124 Å². The van der Waals surface area contributed by atoms with Crippen LogP contribution < -0.4 is 16.4 Å². The molecule has 0 bridgehead atoms. The lowest BCUT2D eigenvalue weighted by molar-refractivity contribution is 0.0942. The van der Waals surface area contributed by atoms with Crippen LogP contribution in [-0.2, 0) is 0 Å². The summed E-state index contributed by atoms with van der Waals surface area (Å²) in [6.07, 6.45) is 3.29. The summed E-state index contributed by atoms with van der Waals surface area (Å²) in [5.74, 6) is 0.906. The van der Waals surface area contributed by atoms with Gasteiger partial charge in [0.1, 0.15) is 10.7 Å². The van der Waals surface area contributed by atoms with Crippen LogP contribution in [0.2, 0.25) is 0 Å². The summed E-state index contributed by atoms with van der Waals surface area (Å²) in [5, 5.41) is 7.01. The number of thiazole rings is 1. The number of nitrogen functional groups attached to an aromatic ring is 1. The zero-order valence-electron chi connectivity index (χ0n) is 12.6. The van der Waals surface area contributed by atoms with Gasteiger partial charge < -0.3 is 16.4 Å². The average Bonchev–Trinajstić information content (AvgIpc) is 2.83. The van der Waals surface area contributed by atoms with Gasteiger partial charge in [-0.2, -0.15) is 0 Å². The Morgan fingerprint density at radius 3 is 2.65 bits per heavy atom. The molecule has 0 aliphatic heterocycles.